The smallest absolute Gasteiger partial charge is 0.449 e. The Morgan fingerprint density at radius 1 is 1.46 bits per heavy atom. The van der Waals surface area contributed by atoms with E-state index in [2.05, 4.69) is 9.97 Å². The van der Waals surface area contributed by atoms with Crippen molar-refractivity contribution < 1.29 is 12.9 Å². The number of nitrogens with zero attached hydrogens (tertiary/aromatic N) is 2. The van der Waals surface area contributed by atoms with Crippen molar-refractivity contribution in [2.45, 2.75) is 5.82 Å². The van der Waals surface area contributed by atoms with Crippen molar-refractivity contribution in [1.82, 2.24) is 9.97 Å². The number of anilines is 1. The zero-order valence-corrected chi connectivity index (χ0v) is 6.75. The first-order valence-corrected chi connectivity index (χ1v) is 4.01. The molecule has 0 spiro atoms. The molecule has 2 rings (SSSR count). The molecule has 0 atom stereocenters. The molecule has 7 heteroatoms. The van der Waals surface area contributed by atoms with Crippen molar-refractivity contribution in [3.8, 4) is 0 Å². The van der Waals surface area contributed by atoms with Gasteiger partial charge in [-0.2, -0.15) is 0 Å². The number of aromatic nitrogens is 2. The molecule has 1 aliphatic heterocycles. The van der Waals surface area contributed by atoms with Gasteiger partial charge in [0.2, 0.25) is 5.95 Å². The van der Waals surface area contributed by atoms with E-state index in [0.29, 0.717) is 5.95 Å². The lowest BCUT2D eigenvalue weighted by molar-refractivity contribution is 0.396. The van der Waals surface area contributed by atoms with E-state index in [-0.39, 0.29) is 13.1 Å². The summed E-state index contributed by atoms with van der Waals surface area (Å²) >= 11 is 0. The highest BCUT2D eigenvalue weighted by Gasteiger charge is 2.43. The number of rotatable bonds is 2. The summed E-state index contributed by atoms with van der Waals surface area (Å²) < 4.78 is 36.4. The third kappa shape index (κ3) is 1.50. The van der Waals surface area contributed by atoms with Crippen LogP contribution in [0.25, 0.3) is 0 Å². The molecular weight excluding hydrogens is 182 g/mol. The van der Waals surface area contributed by atoms with Gasteiger partial charge in [0.15, 0.2) is 0 Å². The van der Waals surface area contributed by atoms with Gasteiger partial charge in [-0.15, -0.1) is 0 Å². The van der Waals surface area contributed by atoms with Gasteiger partial charge in [-0.25, -0.2) is 4.98 Å². The fourth-order valence-corrected chi connectivity index (χ4v) is 1.35. The minimum atomic E-state index is -4.67. The summed E-state index contributed by atoms with van der Waals surface area (Å²) in [6.45, 7) is -4.59. The van der Waals surface area contributed by atoms with Gasteiger partial charge in [0.05, 0.1) is 0 Å². The van der Waals surface area contributed by atoms with E-state index >= 15 is 0 Å². The van der Waals surface area contributed by atoms with Crippen LogP contribution in [0.1, 0.15) is 0 Å². The van der Waals surface area contributed by atoms with Crippen molar-refractivity contribution in [2.75, 3.05) is 18.0 Å². The molecule has 0 amide bonds. The van der Waals surface area contributed by atoms with Crippen molar-refractivity contribution in [3.05, 3.63) is 12.4 Å². The van der Waals surface area contributed by atoms with Crippen LogP contribution in [0.15, 0.2) is 12.4 Å². The van der Waals surface area contributed by atoms with Crippen molar-refractivity contribution >= 4 is 12.9 Å². The minimum absolute atomic E-state index is 0.0387. The van der Waals surface area contributed by atoms with Crippen molar-refractivity contribution in [1.29, 1.82) is 0 Å². The predicted molar refractivity (Wildman–Crippen MR) is 43.6 cm³/mol. The summed E-state index contributed by atoms with van der Waals surface area (Å²) in [6, 6.07) is 0. The molecule has 0 aliphatic carbocycles. The number of hydrogen-bond donors (Lipinski definition) is 1. The third-order valence-corrected chi connectivity index (χ3v) is 2.23. The van der Waals surface area contributed by atoms with E-state index in [1.807, 2.05) is 0 Å². The van der Waals surface area contributed by atoms with Crippen LogP contribution in [0.5, 0.6) is 0 Å². The molecule has 3 nitrogen and oxygen atoms in total. The average Bonchev–Trinajstić information content (AvgIpc) is 2.31. The standard InChI is InChI=1S/C6H8BF3N3/c8-7(9,10)5-3-13(4-5)6-11-1-2-12-6/h1-2,5H,3-4H2,(H,11,12)/q-1. The Morgan fingerprint density at radius 3 is 2.62 bits per heavy atom. The molecule has 1 fully saturated rings. The Hall–Kier alpha value is -1.14. The predicted octanol–water partition coefficient (Wildman–Crippen LogP) is 1.45. The number of H-pyrrole nitrogens is 1. The first-order chi connectivity index (χ1) is 6.07. The molecule has 1 aromatic heterocycles. The van der Waals surface area contributed by atoms with Gasteiger partial charge in [0, 0.05) is 25.5 Å². The monoisotopic (exact) mass is 190 g/mol. The highest BCUT2D eigenvalue weighted by atomic mass is 19.4. The lowest BCUT2D eigenvalue weighted by atomic mass is 9.68. The molecular formula is C6H8BF3N3-. The van der Waals surface area contributed by atoms with Crippen LogP contribution in [-0.4, -0.2) is 30.0 Å². The van der Waals surface area contributed by atoms with E-state index in [4.69, 9.17) is 0 Å². The molecule has 0 bridgehead atoms. The lowest BCUT2D eigenvalue weighted by Gasteiger charge is -2.44. The van der Waals surface area contributed by atoms with Gasteiger partial charge in [-0.05, 0) is 5.82 Å². The number of halogens is 3. The minimum Gasteiger partial charge on any atom is -0.449 e. The van der Waals surface area contributed by atoms with Gasteiger partial charge >= 0.3 is 6.98 Å². The first kappa shape index (κ1) is 8.46. The van der Waals surface area contributed by atoms with Crippen LogP contribution in [0.3, 0.4) is 0 Å². The Labute approximate surface area is 73.0 Å². The Morgan fingerprint density at radius 2 is 2.15 bits per heavy atom. The van der Waals surface area contributed by atoms with Gasteiger partial charge in [-0.1, -0.05) is 0 Å². The van der Waals surface area contributed by atoms with E-state index in [9.17, 15) is 12.9 Å². The summed E-state index contributed by atoms with van der Waals surface area (Å²) in [4.78, 5) is 8.21. The molecule has 1 aliphatic rings. The average molecular weight is 190 g/mol. The zero-order chi connectivity index (χ0) is 9.47. The fraction of sp³-hybridized carbons (Fsp3) is 0.500. The molecule has 1 saturated heterocycles. The molecule has 0 radical (unpaired) electrons. The molecule has 2 heterocycles. The van der Waals surface area contributed by atoms with Crippen LogP contribution >= 0.6 is 0 Å². The van der Waals surface area contributed by atoms with Gasteiger partial charge in [0.1, 0.15) is 0 Å². The Kier molecular flexibility index (Phi) is 1.74. The van der Waals surface area contributed by atoms with Gasteiger partial charge < -0.3 is 22.8 Å². The Balaban J connectivity index is 1.93. The molecule has 0 saturated carbocycles. The molecule has 13 heavy (non-hydrogen) atoms. The van der Waals surface area contributed by atoms with E-state index in [0.717, 1.165) is 0 Å². The lowest BCUT2D eigenvalue weighted by Crippen LogP contribution is -2.51. The maximum atomic E-state index is 12.1. The molecule has 0 aromatic carbocycles. The summed E-state index contributed by atoms with van der Waals surface area (Å²) in [5, 5.41) is 0. The first-order valence-electron chi connectivity index (χ1n) is 4.01. The van der Waals surface area contributed by atoms with E-state index in [1.165, 1.54) is 6.20 Å². The van der Waals surface area contributed by atoms with Crippen LogP contribution in [-0.2, 0) is 0 Å². The van der Waals surface area contributed by atoms with E-state index < -0.39 is 12.8 Å². The summed E-state index contributed by atoms with van der Waals surface area (Å²) in [6.07, 6.45) is 3.13. The van der Waals surface area contributed by atoms with Crippen molar-refractivity contribution in [2.24, 2.45) is 0 Å². The highest BCUT2D eigenvalue weighted by molar-refractivity contribution is 6.60. The summed E-state index contributed by atoms with van der Waals surface area (Å²) in [5.74, 6) is -0.610. The summed E-state index contributed by atoms with van der Waals surface area (Å²) in [7, 11) is 0. The Bertz CT molecular complexity index is 278. The molecule has 1 N–H and O–H groups in total. The van der Waals surface area contributed by atoms with Gasteiger partial charge in [0.25, 0.3) is 0 Å². The second kappa shape index (κ2) is 2.68. The number of aromatic amines is 1. The topological polar surface area (TPSA) is 31.9 Å². The second-order valence-corrected chi connectivity index (χ2v) is 3.20. The maximum absolute atomic E-state index is 12.1. The number of imidazole rings is 1. The van der Waals surface area contributed by atoms with Crippen LogP contribution in [0.2, 0.25) is 5.82 Å². The second-order valence-electron chi connectivity index (χ2n) is 3.20. The number of hydrogen-bond acceptors (Lipinski definition) is 2. The fourth-order valence-electron chi connectivity index (χ4n) is 1.35. The largest absolute Gasteiger partial charge is 0.484 e. The third-order valence-electron chi connectivity index (χ3n) is 2.23. The van der Waals surface area contributed by atoms with E-state index in [1.54, 1.807) is 11.1 Å². The van der Waals surface area contributed by atoms with Crippen LogP contribution in [0, 0.1) is 0 Å². The van der Waals surface area contributed by atoms with Crippen LogP contribution < -0.4 is 4.90 Å². The SMILES string of the molecule is F[B-](F)(F)C1CN(c2ncc[nH]2)C1. The quantitative estimate of drug-likeness (QED) is 0.715. The maximum Gasteiger partial charge on any atom is 0.484 e. The van der Waals surface area contributed by atoms with Gasteiger partial charge in [-0.3, -0.25) is 0 Å². The summed E-state index contributed by atoms with van der Waals surface area (Å²) in [5.41, 5.74) is 0. The zero-order valence-electron chi connectivity index (χ0n) is 6.75. The molecule has 1 aromatic rings. The normalized spacial score (nSPS) is 18.8. The molecule has 72 valence electrons. The number of nitrogens with one attached hydrogen (secondary N) is 1. The van der Waals surface area contributed by atoms with Crippen molar-refractivity contribution in [3.63, 3.8) is 0 Å². The van der Waals surface area contributed by atoms with Crippen LogP contribution in [0.4, 0.5) is 18.9 Å². The highest BCUT2D eigenvalue weighted by Crippen LogP contribution is 2.36. The molecule has 0 unspecified atom stereocenters.